The molecule has 3 nitrogen and oxygen atoms in total. The van der Waals surface area contributed by atoms with Crippen LogP contribution in [0.2, 0.25) is 0 Å². The van der Waals surface area contributed by atoms with E-state index in [-0.39, 0.29) is 0 Å². The summed E-state index contributed by atoms with van der Waals surface area (Å²) in [7, 11) is 0. The van der Waals surface area contributed by atoms with Crippen LogP contribution in [0, 0.1) is 0 Å². The Kier molecular flexibility index (Phi) is 3.86. The van der Waals surface area contributed by atoms with Crippen LogP contribution in [0.3, 0.4) is 0 Å². The lowest BCUT2D eigenvalue weighted by Gasteiger charge is -2.07. The Morgan fingerprint density at radius 2 is 2.47 bits per heavy atom. The van der Waals surface area contributed by atoms with Crippen molar-refractivity contribution in [3.63, 3.8) is 0 Å². The van der Waals surface area contributed by atoms with Crippen molar-refractivity contribution in [2.75, 3.05) is 12.4 Å². The van der Waals surface area contributed by atoms with Gasteiger partial charge in [-0.2, -0.15) is 11.8 Å². The summed E-state index contributed by atoms with van der Waals surface area (Å²) in [5, 5.41) is 0. The number of carbonyl (C=O) groups excluding carboxylic acids is 1. The predicted octanol–water partition coefficient (Wildman–Crippen LogP) is 2.50. The van der Waals surface area contributed by atoms with Crippen molar-refractivity contribution in [3.8, 4) is 0 Å². The zero-order chi connectivity index (χ0) is 10.5. The van der Waals surface area contributed by atoms with E-state index in [0.717, 1.165) is 30.2 Å². The Labute approximate surface area is 93.2 Å². The molecule has 1 aliphatic rings. The van der Waals surface area contributed by atoms with Crippen LogP contribution in [0.15, 0.2) is 16.5 Å². The van der Waals surface area contributed by atoms with Gasteiger partial charge >= 0.3 is 0 Å². The van der Waals surface area contributed by atoms with Gasteiger partial charge in [-0.15, -0.1) is 0 Å². The van der Waals surface area contributed by atoms with Gasteiger partial charge in [0.15, 0.2) is 12.0 Å². The van der Waals surface area contributed by atoms with Gasteiger partial charge in [0.1, 0.15) is 5.76 Å². The van der Waals surface area contributed by atoms with E-state index in [2.05, 4.69) is 0 Å². The van der Waals surface area contributed by atoms with E-state index in [9.17, 15) is 4.79 Å². The number of rotatable bonds is 5. The zero-order valence-corrected chi connectivity index (χ0v) is 9.29. The minimum Gasteiger partial charge on any atom is -0.457 e. The maximum absolute atomic E-state index is 10.4. The second-order valence-electron chi connectivity index (χ2n) is 3.57. The van der Waals surface area contributed by atoms with Gasteiger partial charge < -0.3 is 9.15 Å². The number of thioether (sulfide) groups is 1. The Morgan fingerprint density at radius 1 is 1.53 bits per heavy atom. The lowest BCUT2D eigenvalue weighted by atomic mass is 10.3. The number of ether oxygens (including phenoxy) is 1. The molecule has 1 atom stereocenters. The quantitative estimate of drug-likeness (QED) is 0.723. The van der Waals surface area contributed by atoms with Crippen molar-refractivity contribution in [1.29, 1.82) is 0 Å². The molecule has 1 aromatic rings. The summed E-state index contributed by atoms with van der Waals surface area (Å²) in [4.78, 5) is 10.4. The fourth-order valence-corrected chi connectivity index (χ4v) is 2.60. The molecular formula is C11H14O3S. The van der Waals surface area contributed by atoms with Crippen molar-refractivity contribution < 1.29 is 13.9 Å². The largest absolute Gasteiger partial charge is 0.457 e. The van der Waals surface area contributed by atoms with Crippen molar-refractivity contribution in [3.05, 3.63) is 23.7 Å². The maximum atomic E-state index is 10.4. The summed E-state index contributed by atoms with van der Waals surface area (Å²) >= 11 is 1.79. The fourth-order valence-electron chi connectivity index (χ4n) is 1.60. The minimum atomic E-state index is 0.405. The third-order valence-corrected chi connectivity index (χ3v) is 3.47. The van der Waals surface area contributed by atoms with Crippen molar-refractivity contribution in [2.24, 2.45) is 0 Å². The number of carbonyl (C=O) groups is 1. The number of hydrogen-bond donors (Lipinski definition) is 0. The summed E-state index contributed by atoms with van der Waals surface area (Å²) < 4.78 is 10.8. The number of aldehydes is 1. The smallest absolute Gasteiger partial charge is 0.185 e. The first-order valence-electron chi connectivity index (χ1n) is 5.12. The van der Waals surface area contributed by atoms with Crippen LogP contribution in [0.4, 0.5) is 0 Å². The molecule has 1 aliphatic heterocycles. The standard InChI is InChI=1S/C11H14O3S/c12-6-9-3-4-11(14-9)8-15-7-10-2-1-5-13-10/h3-4,6,10H,1-2,5,7-8H2. The molecule has 0 N–H and O–H groups in total. The van der Waals surface area contributed by atoms with E-state index >= 15 is 0 Å². The van der Waals surface area contributed by atoms with Crippen molar-refractivity contribution in [2.45, 2.75) is 24.7 Å². The highest BCUT2D eigenvalue weighted by molar-refractivity contribution is 7.98. The monoisotopic (exact) mass is 226 g/mol. The first-order valence-corrected chi connectivity index (χ1v) is 6.27. The maximum Gasteiger partial charge on any atom is 0.185 e. The Hall–Kier alpha value is -0.740. The Morgan fingerprint density at radius 3 is 3.13 bits per heavy atom. The molecule has 0 aliphatic carbocycles. The van der Waals surface area contributed by atoms with Crippen LogP contribution in [-0.4, -0.2) is 24.7 Å². The molecule has 1 unspecified atom stereocenters. The number of furan rings is 1. The van der Waals surface area contributed by atoms with E-state index in [4.69, 9.17) is 9.15 Å². The van der Waals surface area contributed by atoms with Crippen molar-refractivity contribution in [1.82, 2.24) is 0 Å². The lowest BCUT2D eigenvalue weighted by Crippen LogP contribution is -2.07. The van der Waals surface area contributed by atoms with Gasteiger partial charge in [-0.05, 0) is 25.0 Å². The summed E-state index contributed by atoms with van der Waals surface area (Å²) in [6.07, 6.45) is 3.50. The van der Waals surface area contributed by atoms with Crippen LogP contribution < -0.4 is 0 Å². The van der Waals surface area contributed by atoms with Gasteiger partial charge in [-0.3, -0.25) is 4.79 Å². The first kappa shape index (κ1) is 10.8. The summed E-state index contributed by atoms with van der Waals surface area (Å²) in [6.45, 7) is 0.904. The molecule has 0 bridgehead atoms. The summed E-state index contributed by atoms with van der Waals surface area (Å²) in [6, 6.07) is 3.56. The number of hydrogen-bond acceptors (Lipinski definition) is 4. The van der Waals surface area contributed by atoms with E-state index in [1.54, 1.807) is 17.8 Å². The highest BCUT2D eigenvalue weighted by Crippen LogP contribution is 2.20. The van der Waals surface area contributed by atoms with Gasteiger partial charge in [0, 0.05) is 12.4 Å². The molecule has 0 aromatic carbocycles. The molecule has 2 rings (SSSR count). The third-order valence-electron chi connectivity index (χ3n) is 2.37. The molecule has 82 valence electrons. The molecule has 0 radical (unpaired) electrons. The van der Waals surface area contributed by atoms with Crippen LogP contribution in [0.1, 0.15) is 29.2 Å². The van der Waals surface area contributed by atoms with Gasteiger partial charge in [0.25, 0.3) is 0 Å². The molecule has 4 heteroatoms. The molecule has 15 heavy (non-hydrogen) atoms. The van der Waals surface area contributed by atoms with Gasteiger partial charge in [-0.25, -0.2) is 0 Å². The topological polar surface area (TPSA) is 39.4 Å². The van der Waals surface area contributed by atoms with Crippen LogP contribution in [-0.2, 0) is 10.5 Å². The Balaban J connectivity index is 1.70. The summed E-state index contributed by atoms with van der Waals surface area (Å²) in [5.41, 5.74) is 0. The van der Waals surface area contributed by atoms with Gasteiger partial charge in [0.2, 0.25) is 0 Å². The van der Waals surface area contributed by atoms with Crippen LogP contribution in [0.5, 0.6) is 0 Å². The fraction of sp³-hybridized carbons (Fsp3) is 0.545. The average Bonchev–Trinajstić information content (AvgIpc) is 2.88. The SMILES string of the molecule is O=Cc1ccc(CSCC2CCCO2)o1. The lowest BCUT2D eigenvalue weighted by molar-refractivity contribution is 0.109. The van der Waals surface area contributed by atoms with E-state index in [0.29, 0.717) is 11.9 Å². The summed E-state index contributed by atoms with van der Waals surface area (Å²) in [5.74, 6) is 3.09. The highest BCUT2D eigenvalue weighted by Gasteiger charge is 2.15. The van der Waals surface area contributed by atoms with Crippen molar-refractivity contribution >= 4 is 18.0 Å². The molecule has 1 fully saturated rings. The van der Waals surface area contributed by atoms with E-state index < -0.39 is 0 Å². The normalized spacial score (nSPS) is 20.7. The molecule has 0 spiro atoms. The van der Waals surface area contributed by atoms with E-state index in [1.807, 2.05) is 6.07 Å². The second kappa shape index (κ2) is 5.37. The zero-order valence-electron chi connectivity index (χ0n) is 8.48. The van der Waals surface area contributed by atoms with Gasteiger partial charge in [0.05, 0.1) is 11.9 Å². The Bertz CT molecular complexity index is 315. The first-order chi connectivity index (χ1) is 7.38. The highest BCUT2D eigenvalue weighted by atomic mass is 32.2. The molecule has 2 heterocycles. The molecule has 0 amide bonds. The predicted molar refractivity (Wildman–Crippen MR) is 59.2 cm³/mol. The van der Waals surface area contributed by atoms with E-state index in [1.165, 1.54) is 12.8 Å². The van der Waals surface area contributed by atoms with Crippen LogP contribution in [0.25, 0.3) is 0 Å². The van der Waals surface area contributed by atoms with Crippen LogP contribution >= 0.6 is 11.8 Å². The average molecular weight is 226 g/mol. The molecule has 0 saturated carbocycles. The van der Waals surface area contributed by atoms with Gasteiger partial charge in [-0.1, -0.05) is 0 Å². The molecular weight excluding hydrogens is 212 g/mol. The minimum absolute atomic E-state index is 0.405. The second-order valence-corrected chi connectivity index (χ2v) is 4.60. The third kappa shape index (κ3) is 3.11. The molecule has 1 aromatic heterocycles. The molecule has 1 saturated heterocycles.